The topological polar surface area (TPSA) is 66.5 Å². The second kappa shape index (κ2) is 3.25. The number of phenols is 1. The minimum atomic E-state index is 0.0493. The number of aliphatic hydroxyl groups excluding tert-OH is 1. The summed E-state index contributed by atoms with van der Waals surface area (Å²) in [5.41, 5.74) is 6.95. The zero-order valence-corrected chi connectivity index (χ0v) is 6.12. The maximum Gasteiger partial charge on any atom is 0.116 e. The summed E-state index contributed by atoms with van der Waals surface area (Å²) in [5.74, 6) is 0.183. The number of rotatable bonds is 2. The molecule has 3 nitrogen and oxygen atoms in total. The molecule has 0 spiro atoms. The molecule has 0 fully saturated rings. The van der Waals surface area contributed by atoms with Crippen molar-refractivity contribution in [2.75, 3.05) is 12.3 Å². The fraction of sp³-hybridized carbons (Fsp3) is 0.250. The zero-order valence-electron chi connectivity index (χ0n) is 6.12. The standard InChI is InChI=1S/C8H11NO2/c9-8-2-1-7(11)5-6(8)3-4-10/h1-2,5,10-11H,3-4,9H2. The molecule has 0 unspecified atom stereocenters. The molecule has 1 aromatic rings. The molecule has 11 heavy (non-hydrogen) atoms. The van der Waals surface area contributed by atoms with E-state index in [1.54, 1.807) is 12.1 Å². The third kappa shape index (κ3) is 1.85. The minimum Gasteiger partial charge on any atom is -0.508 e. The van der Waals surface area contributed by atoms with Gasteiger partial charge in [-0.25, -0.2) is 0 Å². The average Bonchev–Trinajstić information content (AvgIpc) is 1.98. The molecule has 60 valence electrons. The number of aliphatic hydroxyl groups is 1. The van der Waals surface area contributed by atoms with E-state index in [1.807, 2.05) is 0 Å². The van der Waals surface area contributed by atoms with Gasteiger partial charge in [0.05, 0.1) is 0 Å². The van der Waals surface area contributed by atoms with Crippen molar-refractivity contribution in [1.29, 1.82) is 0 Å². The first kappa shape index (κ1) is 7.88. The molecule has 0 saturated heterocycles. The SMILES string of the molecule is Nc1ccc(O)cc1CCO. The molecular formula is C8H11NO2. The minimum absolute atomic E-state index is 0.0493. The van der Waals surface area contributed by atoms with Gasteiger partial charge in [-0.2, -0.15) is 0 Å². The summed E-state index contributed by atoms with van der Waals surface area (Å²) >= 11 is 0. The molecule has 3 heteroatoms. The number of benzene rings is 1. The van der Waals surface area contributed by atoms with E-state index in [2.05, 4.69) is 0 Å². The highest BCUT2D eigenvalue weighted by Gasteiger charge is 1.98. The summed E-state index contributed by atoms with van der Waals surface area (Å²) in [7, 11) is 0. The molecular weight excluding hydrogens is 142 g/mol. The van der Waals surface area contributed by atoms with Crippen LogP contribution in [0, 0.1) is 0 Å². The van der Waals surface area contributed by atoms with Crippen molar-refractivity contribution in [2.24, 2.45) is 0 Å². The molecule has 0 aliphatic carbocycles. The van der Waals surface area contributed by atoms with Crippen molar-refractivity contribution >= 4 is 5.69 Å². The summed E-state index contributed by atoms with van der Waals surface area (Å²) in [6.45, 7) is 0.0493. The molecule has 0 radical (unpaired) electrons. The number of nitrogen functional groups attached to an aromatic ring is 1. The van der Waals surface area contributed by atoms with E-state index in [1.165, 1.54) is 6.07 Å². The van der Waals surface area contributed by atoms with Crippen molar-refractivity contribution in [3.05, 3.63) is 23.8 Å². The van der Waals surface area contributed by atoms with Crippen LogP contribution in [0.1, 0.15) is 5.56 Å². The lowest BCUT2D eigenvalue weighted by Crippen LogP contribution is -1.96. The van der Waals surface area contributed by atoms with Gasteiger partial charge in [0.25, 0.3) is 0 Å². The number of anilines is 1. The second-order valence-electron chi connectivity index (χ2n) is 2.36. The maximum atomic E-state index is 9.03. The fourth-order valence-corrected chi connectivity index (χ4v) is 0.929. The Balaban J connectivity index is 2.93. The smallest absolute Gasteiger partial charge is 0.116 e. The Hall–Kier alpha value is -1.22. The maximum absolute atomic E-state index is 9.03. The molecule has 0 amide bonds. The van der Waals surface area contributed by atoms with Crippen molar-refractivity contribution < 1.29 is 10.2 Å². The lowest BCUT2D eigenvalue weighted by atomic mass is 10.1. The zero-order chi connectivity index (χ0) is 8.27. The van der Waals surface area contributed by atoms with Crippen molar-refractivity contribution in [3.63, 3.8) is 0 Å². The van der Waals surface area contributed by atoms with Crippen LogP contribution in [-0.2, 0) is 6.42 Å². The highest BCUT2D eigenvalue weighted by Crippen LogP contribution is 2.18. The third-order valence-corrected chi connectivity index (χ3v) is 1.51. The molecule has 0 heterocycles. The molecule has 0 saturated carbocycles. The van der Waals surface area contributed by atoms with Gasteiger partial charge in [0, 0.05) is 12.3 Å². The van der Waals surface area contributed by atoms with Gasteiger partial charge >= 0.3 is 0 Å². The van der Waals surface area contributed by atoms with Crippen LogP contribution in [0.15, 0.2) is 18.2 Å². The summed E-state index contributed by atoms with van der Waals surface area (Å²) in [5, 5.41) is 17.6. The summed E-state index contributed by atoms with van der Waals surface area (Å²) in [6.07, 6.45) is 0.486. The second-order valence-corrected chi connectivity index (χ2v) is 2.36. The van der Waals surface area contributed by atoms with Crippen LogP contribution in [0.4, 0.5) is 5.69 Å². The Kier molecular flexibility index (Phi) is 2.33. The predicted molar refractivity (Wildman–Crippen MR) is 43.3 cm³/mol. The summed E-state index contributed by atoms with van der Waals surface area (Å²) in [4.78, 5) is 0. The number of hydrogen-bond donors (Lipinski definition) is 3. The first-order chi connectivity index (χ1) is 5.24. The molecule has 1 aromatic carbocycles. The van der Waals surface area contributed by atoms with Crippen LogP contribution in [0.2, 0.25) is 0 Å². The summed E-state index contributed by atoms with van der Waals surface area (Å²) < 4.78 is 0. The predicted octanol–water partition coefficient (Wildman–Crippen LogP) is 0.509. The first-order valence-electron chi connectivity index (χ1n) is 3.42. The molecule has 0 aromatic heterocycles. The molecule has 0 bridgehead atoms. The number of hydrogen-bond acceptors (Lipinski definition) is 3. The lowest BCUT2D eigenvalue weighted by molar-refractivity contribution is 0.299. The van der Waals surface area contributed by atoms with Crippen LogP contribution in [-0.4, -0.2) is 16.8 Å². The van der Waals surface area contributed by atoms with Gasteiger partial charge in [-0.3, -0.25) is 0 Å². The Labute approximate surface area is 65.1 Å². The van der Waals surface area contributed by atoms with Gasteiger partial charge < -0.3 is 15.9 Å². The van der Waals surface area contributed by atoms with Crippen LogP contribution < -0.4 is 5.73 Å². The van der Waals surface area contributed by atoms with Gasteiger partial charge in [-0.1, -0.05) is 0 Å². The monoisotopic (exact) mass is 153 g/mol. The third-order valence-electron chi connectivity index (χ3n) is 1.51. The highest BCUT2D eigenvalue weighted by atomic mass is 16.3. The quantitative estimate of drug-likeness (QED) is 0.428. The van der Waals surface area contributed by atoms with E-state index in [0.717, 1.165) is 5.56 Å². The van der Waals surface area contributed by atoms with E-state index < -0.39 is 0 Å². The summed E-state index contributed by atoms with van der Waals surface area (Å²) in [6, 6.07) is 4.71. The van der Waals surface area contributed by atoms with Gasteiger partial charge in [-0.05, 0) is 30.2 Å². The largest absolute Gasteiger partial charge is 0.508 e. The van der Waals surface area contributed by atoms with Gasteiger partial charge in [0.1, 0.15) is 5.75 Å². The van der Waals surface area contributed by atoms with E-state index in [0.29, 0.717) is 12.1 Å². The number of aromatic hydroxyl groups is 1. The lowest BCUT2D eigenvalue weighted by Gasteiger charge is -2.02. The van der Waals surface area contributed by atoms with E-state index in [9.17, 15) is 0 Å². The molecule has 0 aliphatic rings. The van der Waals surface area contributed by atoms with Gasteiger partial charge in [0.2, 0.25) is 0 Å². The van der Waals surface area contributed by atoms with E-state index >= 15 is 0 Å². The normalized spacial score (nSPS) is 9.91. The van der Waals surface area contributed by atoms with Gasteiger partial charge in [-0.15, -0.1) is 0 Å². The highest BCUT2D eigenvalue weighted by molar-refractivity contribution is 5.50. The molecule has 0 atom stereocenters. The van der Waals surface area contributed by atoms with Crippen molar-refractivity contribution in [3.8, 4) is 5.75 Å². The average molecular weight is 153 g/mol. The van der Waals surface area contributed by atoms with Crippen molar-refractivity contribution in [2.45, 2.75) is 6.42 Å². The molecule has 0 aliphatic heterocycles. The van der Waals surface area contributed by atoms with Crippen molar-refractivity contribution in [1.82, 2.24) is 0 Å². The Bertz CT molecular complexity index is 248. The van der Waals surface area contributed by atoms with E-state index in [-0.39, 0.29) is 12.4 Å². The first-order valence-corrected chi connectivity index (χ1v) is 3.42. The Morgan fingerprint density at radius 1 is 1.36 bits per heavy atom. The van der Waals surface area contributed by atoms with Gasteiger partial charge in [0.15, 0.2) is 0 Å². The fourth-order valence-electron chi connectivity index (χ4n) is 0.929. The Morgan fingerprint density at radius 3 is 2.73 bits per heavy atom. The van der Waals surface area contributed by atoms with Crippen LogP contribution in [0.3, 0.4) is 0 Å². The number of phenolic OH excluding ortho intramolecular Hbond substituents is 1. The van der Waals surface area contributed by atoms with Crippen LogP contribution >= 0.6 is 0 Å². The van der Waals surface area contributed by atoms with Crippen LogP contribution in [0.5, 0.6) is 5.75 Å². The Morgan fingerprint density at radius 2 is 2.09 bits per heavy atom. The molecule has 4 N–H and O–H groups in total. The molecule has 1 rings (SSSR count). The van der Waals surface area contributed by atoms with E-state index in [4.69, 9.17) is 15.9 Å². The van der Waals surface area contributed by atoms with Crippen LogP contribution in [0.25, 0.3) is 0 Å². The number of nitrogens with two attached hydrogens (primary N) is 1.